The molecule has 7 heteroatoms. The zero-order valence-electron chi connectivity index (χ0n) is 15.3. The second kappa shape index (κ2) is 9.32. The molecular formula is C21H22FNO5. The van der Waals surface area contributed by atoms with Crippen molar-refractivity contribution in [2.45, 2.75) is 31.4 Å². The van der Waals surface area contributed by atoms with Crippen LogP contribution in [0.25, 0.3) is 0 Å². The van der Waals surface area contributed by atoms with Gasteiger partial charge in [-0.05, 0) is 54.8 Å². The van der Waals surface area contributed by atoms with Crippen LogP contribution in [0.15, 0.2) is 48.5 Å². The molecule has 0 aromatic heterocycles. The van der Waals surface area contributed by atoms with Gasteiger partial charge in [0.05, 0.1) is 18.6 Å². The second-order valence-electron chi connectivity index (χ2n) is 6.65. The van der Waals surface area contributed by atoms with E-state index in [2.05, 4.69) is 5.32 Å². The smallest absolute Gasteiger partial charge is 0.305 e. The summed E-state index contributed by atoms with van der Waals surface area (Å²) < 4.78 is 24.3. The molecule has 1 saturated heterocycles. The molecule has 1 amide bonds. The third kappa shape index (κ3) is 5.53. The standard InChI is InChI=1S/C21H22FNO5/c22-16-7-3-14(4-8-16)19(12-20(24)25)23-21(26)15-5-9-17(10-6-15)28-13-18-2-1-11-27-18/h3-10,18-19H,1-2,11-13H2,(H,23,26)(H,24,25). The maximum Gasteiger partial charge on any atom is 0.305 e. The lowest BCUT2D eigenvalue weighted by molar-refractivity contribution is -0.137. The summed E-state index contributed by atoms with van der Waals surface area (Å²) in [6.45, 7) is 1.23. The van der Waals surface area contributed by atoms with E-state index in [0.717, 1.165) is 19.4 Å². The summed E-state index contributed by atoms with van der Waals surface area (Å²) in [7, 11) is 0. The van der Waals surface area contributed by atoms with Crippen molar-refractivity contribution < 1.29 is 28.6 Å². The number of hydrogen-bond donors (Lipinski definition) is 2. The molecular weight excluding hydrogens is 365 g/mol. The van der Waals surface area contributed by atoms with Crippen LogP contribution in [0.4, 0.5) is 4.39 Å². The van der Waals surface area contributed by atoms with Gasteiger partial charge >= 0.3 is 5.97 Å². The van der Waals surface area contributed by atoms with E-state index >= 15 is 0 Å². The van der Waals surface area contributed by atoms with E-state index in [1.807, 2.05) is 0 Å². The van der Waals surface area contributed by atoms with Gasteiger partial charge in [0.25, 0.3) is 5.91 Å². The zero-order chi connectivity index (χ0) is 19.9. The molecule has 0 spiro atoms. The number of halogens is 1. The Morgan fingerprint density at radius 1 is 1.18 bits per heavy atom. The van der Waals surface area contributed by atoms with E-state index in [1.54, 1.807) is 24.3 Å². The van der Waals surface area contributed by atoms with Gasteiger partial charge in [-0.2, -0.15) is 0 Å². The fourth-order valence-corrected chi connectivity index (χ4v) is 3.03. The fraction of sp³-hybridized carbons (Fsp3) is 0.333. The summed E-state index contributed by atoms with van der Waals surface area (Å²) in [5.74, 6) is -1.27. The predicted molar refractivity (Wildman–Crippen MR) is 99.8 cm³/mol. The van der Waals surface area contributed by atoms with Crippen LogP contribution in [-0.2, 0) is 9.53 Å². The van der Waals surface area contributed by atoms with Crippen molar-refractivity contribution in [2.24, 2.45) is 0 Å². The van der Waals surface area contributed by atoms with E-state index in [4.69, 9.17) is 14.6 Å². The number of ether oxygens (including phenoxy) is 2. The lowest BCUT2D eigenvalue weighted by Gasteiger charge is -2.18. The van der Waals surface area contributed by atoms with Crippen LogP contribution >= 0.6 is 0 Å². The summed E-state index contributed by atoms with van der Waals surface area (Å²) in [6.07, 6.45) is 1.82. The first-order chi connectivity index (χ1) is 13.5. The summed E-state index contributed by atoms with van der Waals surface area (Å²) in [5.41, 5.74) is 0.899. The molecule has 148 valence electrons. The Labute approximate surface area is 162 Å². The Balaban J connectivity index is 1.62. The highest BCUT2D eigenvalue weighted by molar-refractivity contribution is 5.94. The largest absolute Gasteiger partial charge is 0.491 e. The van der Waals surface area contributed by atoms with Gasteiger partial charge in [0, 0.05) is 12.2 Å². The molecule has 1 heterocycles. The summed E-state index contributed by atoms with van der Waals surface area (Å²) >= 11 is 0. The van der Waals surface area contributed by atoms with Crippen LogP contribution < -0.4 is 10.1 Å². The highest BCUT2D eigenvalue weighted by atomic mass is 19.1. The average Bonchev–Trinajstić information content (AvgIpc) is 3.20. The highest BCUT2D eigenvalue weighted by Gasteiger charge is 2.19. The van der Waals surface area contributed by atoms with Crippen LogP contribution in [0.3, 0.4) is 0 Å². The number of nitrogens with one attached hydrogen (secondary N) is 1. The molecule has 2 N–H and O–H groups in total. The number of carboxylic acids is 1. The van der Waals surface area contributed by atoms with Gasteiger partial charge in [0.2, 0.25) is 0 Å². The molecule has 0 aliphatic carbocycles. The maximum atomic E-state index is 13.1. The molecule has 1 fully saturated rings. The number of benzene rings is 2. The maximum absolute atomic E-state index is 13.1. The zero-order valence-corrected chi connectivity index (χ0v) is 15.3. The Morgan fingerprint density at radius 2 is 1.89 bits per heavy atom. The molecule has 1 aliphatic heterocycles. The second-order valence-corrected chi connectivity index (χ2v) is 6.65. The third-order valence-electron chi connectivity index (χ3n) is 4.53. The topological polar surface area (TPSA) is 84.9 Å². The van der Waals surface area contributed by atoms with Gasteiger partial charge in [0.1, 0.15) is 18.2 Å². The van der Waals surface area contributed by atoms with Crippen LogP contribution in [0.5, 0.6) is 5.75 Å². The minimum Gasteiger partial charge on any atom is -0.491 e. The van der Waals surface area contributed by atoms with E-state index in [-0.39, 0.29) is 12.5 Å². The Hall–Kier alpha value is -2.93. The number of carbonyl (C=O) groups is 2. The predicted octanol–water partition coefficient (Wildman–Crippen LogP) is 3.33. The quantitative estimate of drug-likeness (QED) is 0.726. The van der Waals surface area contributed by atoms with E-state index < -0.39 is 23.7 Å². The van der Waals surface area contributed by atoms with E-state index in [0.29, 0.717) is 23.5 Å². The average molecular weight is 387 g/mol. The molecule has 2 unspecified atom stereocenters. The fourth-order valence-electron chi connectivity index (χ4n) is 3.03. The highest BCUT2D eigenvalue weighted by Crippen LogP contribution is 2.20. The van der Waals surface area contributed by atoms with Crippen LogP contribution in [-0.4, -0.2) is 36.3 Å². The minimum absolute atomic E-state index is 0.107. The van der Waals surface area contributed by atoms with Gasteiger partial charge in [-0.1, -0.05) is 12.1 Å². The van der Waals surface area contributed by atoms with Gasteiger partial charge in [-0.25, -0.2) is 4.39 Å². The van der Waals surface area contributed by atoms with Crippen molar-refractivity contribution in [1.29, 1.82) is 0 Å². The SMILES string of the molecule is O=C(O)CC(NC(=O)c1ccc(OCC2CCCO2)cc1)c1ccc(F)cc1. The Morgan fingerprint density at radius 3 is 2.50 bits per heavy atom. The molecule has 1 aliphatic rings. The Bertz CT molecular complexity index is 801. The van der Waals surface area contributed by atoms with Crippen LogP contribution in [0.2, 0.25) is 0 Å². The van der Waals surface area contributed by atoms with Crippen LogP contribution in [0.1, 0.15) is 41.2 Å². The van der Waals surface area contributed by atoms with Crippen molar-refractivity contribution in [1.82, 2.24) is 5.32 Å². The van der Waals surface area contributed by atoms with E-state index in [1.165, 1.54) is 24.3 Å². The lowest BCUT2D eigenvalue weighted by Crippen LogP contribution is -2.30. The number of rotatable bonds is 8. The molecule has 0 bridgehead atoms. The first-order valence-electron chi connectivity index (χ1n) is 9.14. The van der Waals surface area contributed by atoms with Crippen molar-refractivity contribution in [2.75, 3.05) is 13.2 Å². The molecule has 6 nitrogen and oxygen atoms in total. The first kappa shape index (κ1) is 19.8. The van der Waals surface area contributed by atoms with Crippen molar-refractivity contribution in [3.63, 3.8) is 0 Å². The third-order valence-corrected chi connectivity index (χ3v) is 4.53. The summed E-state index contributed by atoms with van der Waals surface area (Å²) in [4.78, 5) is 23.7. The van der Waals surface area contributed by atoms with Crippen molar-refractivity contribution in [3.8, 4) is 5.75 Å². The number of aliphatic carboxylic acids is 1. The molecule has 3 rings (SSSR count). The van der Waals surface area contributed by atoms with Gasteiger partial charge in [0.15, 0.2) is 0 Å². The van der Waals surface area contributed by atoms with Gasteiger partial charge in [-0.15, -0.1) is 0 Å². The normalized spacial score (nSPS) is 17.1. The molecule has 2 aromatic rings. The van der Waals surface area contributed by atoms with E-state index in [9.17, 15) is 14.0 Å². The molecule has 28 heavy (non-hydrogen) atoms. The van der Waals surface area contributed by atoms with Gasteiger partial charge < -0.3 is 19.9 Å². The monoisotopic (exact) mass is 387 g/mol. The first-order valence-corrected chi connectivity index (χ1v) is 9.14. The lowest BCUT2D eigenvalue weighted by atomic mass is 10.0. The molecule has 2 atom stereocenters. The Kier molecular flexibility index (Phi) is 6.60. The molecule has 0 radical (unpaired) electrons. The summed E-state index contributed by atoms with van der Waals surface area (Å²) in [6, 6.07) is 11.2. The van der Waals surface area contributed by atoms with Gasteiger partial charge in [-0.3, -0.25) is 9.59 Å². The number of carbonyl (C=O) groups excluding carboxylic acids is 1. The molecule has 0 saturated carbocycles. The van der Waals surface area contributed by atoms with Crippen molar-refractivity contribution >= 4 is 11.9 Å². The van der Waals surface area contributed by atoms with Crippen molar-refractivity contribution in [3.05, 3.63) is 65.5 Å². The number of hydrogen-bond acceptors (Lipinski definition) is 4. The molecule has 2 aromatic carbocycles. The number of amides is 1. The summed E-state index contributed by atoms with van der Waals surface area (Å²) in [5, 5.41) is 11.8. The number of carboxylic acid groups (broad SMARTS) is 1. The van der Waals surface area contributed by atoms with Crippen LogP contribution in [0, 0.1) is 5.82 Å². The minimum atomic E-state index is -1.06.